The van der Waals surface area contributed by atoms with Gasteiger partial charge in [0.25, 0.3) is 0 Å². The molecule has 8 nitrogen and oxygen atoms in total. The Morgan fingerprint density at radius 3 is 2.58 bits per heavy atom. The normalized spacial score (nSPS) is 15.5. The number of fused-ring (bicyclic) bond motifs is 1. The van der Waals surface area contributed by atoms with Crippen molar-refractivity contribution in [2.75, 3.05) is 26.2 Å². The van der Waals surface area contributed by atoms with Crippen LogP contribution in [0.15, 0.2) is 45.5 Å². The second-order valence-electron chi connectivity index (χ2n) is 7.67. The standard InChI is InChI=1S/C21H24N4O4S2/c1-15-12-17-4-3-5-18(20(17)22-13-15)31(28,29)24-10-8-23(9-11-24)19(26)6-7-25-16(2)14-30-21(25)27/h3-5,12-14H,6-11H2,1-2H3. The van der Waals surface area contributed by atoms with Crippen molar-refractivity contribution in [1.29, 1.82) is 0 Å². The molecule has 0 N–H and O–H groups in total. The Kier molecular flexibility index (Phi) is 5.96. The molecule has 3 aromatic rings. The molecular formula is C21H24N4O4S2. The van der Waals surface area contributed by atoms with E-state index in [1.54, 1.807) is 33.2 Å². The number of benzene rings is 1. The molecule has 4 rings (SSSR count). The molecule has 0 bridgehead atoms. The van der Waals surface area contributed by atoms with Gasteiger partial charge < -0.3 is 9.47 Å². The number of nitrogens with zero attached hydrogens (tertiary/aromatic N) is 4. The van der Waals surface area contributed by atoms with E-state index in [-0.39, 0.29) is 35.2 Å². The average Bonchev–Trinajstić information content (AvgIpc) is 3.08. The molecule has 31 heavy (non-hydrogen) atoms. The predicted molar refractivity (Wildman–Crippen MR) is 120 cm³/mol. The molecule has 0 spiro atoms. The van der Waals surface area contributed by atoms with Gasteiger partial charge in [-0.05, 0) is 31.5 Å². The number of thiazole rings is 1. The highest BCUT2D eigenvalue weighted by molar-refractivity contribution is 7.89. The molecule has 1 aliphatic heterocycles. The molecular weight excluding hydrogens is 436 g/mol. The van der Waals surface area contributed by atoms with Crippen LogP contribution in [0.3, 0.4) is 0 Å². The van der Waals surface area contributed by atoms with Gasteiger partial charge in [-0.25, -0.2) is 8.42 Å². The van der Waals surface area contributed by atoms with Gasteiger partial charge in [0.15, 0.2) is 0 Å². The van der Waals surface area contributed by atoms with Gasteiger partial charge in [0, 0.05) is 61.8 Å². The molecule has 0 atom stereocenters. The summed E-state index contributed by atoms with van der Waals surface area (Å²) >= 11 is 1.12. The van der Waals surface area contributed by atoms with Gasteiger partial charge in [0.2, 0.25) is 15.9 Å². The van der Waals surface area contributed by atoms with E-state index in [0.29, 0.717) is 25.2 Å². The van der Waals surface area contributed by atoms with E-state index in [4.69, 9.17) is 0 Å². The number of pyridine rings is 1. The van der Waals surface area contributed by atoms with Gasteiger partial charge in [0.05, 0.1) is 5.52 Å². The summed E-state index contributed by atoms with van der Waals surface area (Å²) in [4.78, 5) is 30.5. The Balaban J connectivity index is 1.43. The van der Waals surface area contributed by atoms with Crippen molar-refractivity contribution in [2.45, 2.75) is 31.7 Å². The number of hydrogen-bond acceptors (Lipinski definition) is 6. The van der Waals surface area contributed by atoms with Gasteiger partial charge in [0.1, 0.15) is 4.90 Å². The van der Waals surface area contributed by atoms with Crippen molar-refractivity contribution >= 4 is 38.2 Å². The maximum Gasteiger partial charge on any atom is 0.307 e. The highest BCUT2D eigenvalue weighted by Gasteiger charge is 2.31. The molecule has 1 fully saturated rings. The molecule has 10 heteroatoms. The molecule has 1 aromatic carbocycles. The van der Waals surface area contributed by atoms with Crippen LogP contribution in [0.4, 0.5) is 0 Å². The van der Waals surface area contributed by atoms with Crippen molar-refractivity contribution in [3.05, 3.63) is 56.8 Å². The number of piperazine rings is 1. The number of para-hydroxylation sites is 1. The Morgan fingerprint density at radius 2 is 1.90 bits per heavy atom. The zero-order chi connectivity index (χ0) is 22.2. The molecule has 0 unspecified atom stereocenters. The SMILES string of the molecule is Cc1cnc2c(S(=O)(=O)N3CCN(C(=O)CCn4c(C)csc4=O)CC3)cccc2c1. The molecule has 0 radical (unpaired) electrons. The van der Waals surface area contributed by atoms with E-state index in [1.807, 2.05) is 26.0 Å². The van der Waals surface area contributed by atoms with Crippen molar-refractivity contribution < 1.29 is 13.2 Å². The van der Waals surface area contributed by atoms with E-state index < -0.39 is 10.0 Å². The summed E-state index contributed by atoms with van der Waals surface area (Å²) in [6.07, 6.45) is 1.88. The summed E-state index contributed by atoms with van der Waals surface area (Å²) in [5, 5.41) is 2.56. The topological polar surface area (TPSA) is 92.6 Å². The first-order valence-corrected chi connectivity index (χ1v) is 12.4. The van der Waals surface area contributed by atoms with E-state index in [1.165, 1.54) is 4.31 Å². The fraction of sp³-hybridized carbons (Fsp3) is 0.381. The van der Waals surface area contributed by atoms with Crippen LogP contribution in [0, 0.1) is 13.8 Å². The molecule has 164 valence electrons. The lowest BCUT2D eigenvalue weighted by Crippen LogP contribution is -2.50. The van der Waals surface area contributed by atoms with E-state index in [2.05, 4.69) is 4.98 Å². The summed E-state index contributed by atoms with van der Waals surface area (Å²) in [5.41, 5.74) is 2.27. The van der Waals surface area contributed by atoms with Gasteiger partial charge in [-0.1, -0.05) is 23.5 Å². The predicted octanol–water partition coefficient (Wildman–Crippen LogP) is 2.00. The first kappa shape index (κ1) is 21.7. The Morgan fingerprint density at radius 1 is 1.16 bits per heavy atom. The maximum atomic E-state index is 13.3. The van der Waals surface area contributed by atoms with Crippen molar-refractivity contribution in [3.63, 3.8) is 0 Å². The second-order valence-corrected chi connectivity index (χ2v) is 10.4. The van der Waals surface area contributed by atoms with Gasteiger partial charge in [-0.15, -0.1) is 0 Å². The number of aryl methyl sites for hydroxylation is 2. The summed E-state index contributed by atoms with van der Waals surface area (Å²) in [6.45, 7) is 5.21. The molecule has 2 aromatic heterocycles. The number of sulfonamides is 1. The van der Waals surface area contributed by atoms with Crippen LogP contribution in [-0.2, 0) is 21.4 Å². The molecule has 3 heterocycles. The van der Waals surface area contributed by atoms with E-state index in [9.17, 15) is 18.0 Å². The van der Waals surface area contributed by atoms with Crippen molar-refractivity contribution in [3.8, 4) is 0 Å². The first-order chi connectivity index (χ1) is 14.8. The number of carbonyl (C=O) groups is 1. The van der Waals surface area contributed by atoms with Crippen LogP contribution in [-0.4, -0.2) is 59.3 Å². The molecule has 1 saturated heterocycles. The van der Waals surface area contributed by atoms with Gasteiger partial charge in [-0.3, -0.25) is 14.6 Å². The van der Waals surface area contributed by atoms with Crippen molar-refractivity contribution in [2.24, 2.45) is 0 Å². The molecule has 0 aliphatic carbocycles. The zero-order valence-electron chi connectivity index (χ0n) is 17.4. The minimum absolute atomic E-state index is 0.0693. The quantitative estimate of drug-likeness (QED) is 0.581. The lowest BCUT2D eigenvalue weighted by molar-refractivity contribution is -0.132. The van der Waals surface area contributed by atoms with E-state index >= 15 is 0 Å². The minimum Gasteiger partial charge on any atom is -0.340 e. The Labute approximate surface area is 184 Å². The highest BCUT2D eigenvalue weighted by Crippen LogP contribution is 2.25. The second kappa shape index (κ2) is 8.52. The van der Waals surface area contributed by atoms with Crippen LogP contribution < -0.4 is 4.87 Å². The smallest absolute Gasteiger partial charge is 0.307 e. The largest absolute Gasteiger partial charge is 0.340 e. The van der Waals surface area contributed by atoms with Crippen LogP contribution in [0.25, 0.3) is 10.9 Å². The third-order valence-corrected chi connectivity index (χ3v) is 8.36. The van der Waals surface area contributed by atoms with E-state index in [0.717, 1.165) is 28.0 Å². The minimum atomic E-state index is -3.72. The summed E-state index contributed by atoms with van der Waals surface area (Å²) in [7, 11) is -3.72. The number of carbonyl (C=O) groups excluding carboxylic acids is 1. The summed E-state index contributed by atoms with van der Waals surface area (Å²) < 4.78 is 29.5. The monoisotopic (exact) mass is 460 g/mol. The Bertz CT molecular complexity index is 1290. The fourth-order valence-corrected chi connectivity index (χ4v) is 6.16. The maximum absolute atomic E-state index is 13.3. The van der Waals surface area contributed by atoms with Gasteiger partial charge in [-0.2, -0.15) is 4.31 Å². The highest BCUT2D eigenvalue weighted by atomic mass is 32.2. The van der Waals surface area contributed by atoms with Crippen LogP contribution >= 0.6 is 11.3 Å². The number of rotatable bonds is 5. The fourth-order valence-electron chi connectivity index (χ4n) is 3.81. The summed E-state index contributed by atoms with van der Waals surface area (Å²) in [5.74, 6) is -0.0724. The number of amides is 1. The number of hydrogen-bond donors (Lipinski definition) is 0. The van der Waals surface area contributed by atoms with Gasteiger partial charge >= 0.3 is 4.87 Å². The van der Waals surface area contributed by atoms with Crippen LogP contribution in [0.5, 0.6) is 0 Å². The third kappa shape index (κ3) is 4.28. The van der Waals surface area contributed by atoms with Crippen LogP contribution in [0.2, 0.25) is 0 Å². The Hall–Kier alpha value is -2.56. The lowest BCUT2D eigenvalue weighted by atomic mass is 10.2. The lowest BCUT2D eigenvalue weighted by Gasteiger charge is -2.34. The van der Waals surface area contributed by atoms with Crippen LogP contribution in [0.1, 0.15) is 17.7 Å². The average molecular weight is 461 g/mol. The number of aromatic nitrogens is 2. The molecule has 1 amide bonds. The zero-order valence-corrected chi connectivity index (χ0v) is 19.1. The summed E-state index contributed by atoms with van der Waals surface area (Å²) in [6, 6.07) is 7.08. The molecule has 1 aliphatic rings. The molecule has 0 saturated carbocycles. The van der Waals surface area contributed by atoms with Crippen molar-refractivity contribution in [1.82, 2.24) is 18.8 Å². The first-order valence-electron chi connectivity index (χ1n) is 10.1. The third-order valence-electron chi connectivity index (χ3n) is 5.55.